The number of oxime groups is 1. The number of carbonyl (C=O) groups is 2. The zero-order valence-corrected chi connectivity index (χ0v) is 15.3. The van der Waals surface area contributed by atoms with Crippen LogP contribution >= 0.6 is 11.3 Å². The molecule has 0 bridgehead atoms. The van der Waals surface area contributed by atoms with Crippen molar-refractivity contribution in [3.05, 3.63) is 11.1 Å². The van der Waals surface area contributed by atoms with Crippen molar-refractivity contribution < 1.29 is 23.9 Å². The second kappa shape index (κ2) is 8.09. The van der Waals surface area contributed by atoms with Crippen molar-refractivity contribution in [2.45, 2.75) is 52.2 Å². The van der Waals surface area contributed by atoms with Crippen molar-refractivity contribution in [2.75, 3.05) is 12.3 Å². The van der Waals surface area contributed by atoms with E-state index in [1.165, 1.54) is 25.2 Å². The molecule has 1 aromatic heterocycles. The van der Waals surface area contributed by atoms with Gasteiger partial charge >= 0.3 is 11.9 Å². The van der Waals surface area contributed by atoms with Gasteiger partial charge < -0.3 is 20.0 Å². The van der Waals surface area contributed by atoms with Crippen LogP contribution in [-0.4, -0.2) is 40.9 Å². The number of hydrogen-bond acceptors (Lipinski definition) is 9. The maximum atomic E-state index is 11.9. The van der Waals surface area contributed by atoms with E-state index in [0.29, 0.717) is 11.6 Å². The third-order valence-corrected chi connectivity index (χ3v) is 3.22. The van der Waals surface area contributed by atoms with E-state index >= 15 is 0 Å². The van der Waals surface area contributed by atoms with Crippen molar-refractivity contribution in [3.63, 3.8) is 0 Å². The minimum atomic E-state index is -1.32. The zero-order chi connectivity index (χ0) is 18.4. The van der Waals surface area contributed by atoms with Crippen LogP contribution in [0, 0.1) is 0 Å². The summed E-state index contributed by atoms with van der Waals surface area (Å²) in [6.07, 6.45) is 1.32. The molecule has 0 unspecified atom stereocenters. The van der Waals surface area contributed by atoms with Gasteiger partial charge in [-0.05, 0) is 34.6 Å². The third-order valence-electron chi connectivity index (χ3n) is 2.50. The molecule has 0 radical (unpaired) electrons. The van der Waals surface area contributed by atoms with Crippen LogP contribution in [0.4, 0.5) is 5.13 Å². The molecule has 0 amide bonds. The van der Waals surface area contributed by atoms with Crippen LogP contribution in [0.5, 0.6) is 0 Å². The van der Waals surface area contributed by atoms with Crippen molar-refractivity contribution in [1.82, 2.24) is 4.98 Å². The Morgan fingerprint density at radius 1 is 1.33 bits per heavy atom. The Morgan fingerprint density at radius 3 is 2.54 bits per heavy atom. The first kappa shape index (κ1) is 19.9. The Morgan fingerprint density at radius 2 is 2.00 bits per heavy atom. The number of rotatable bonds is 7. The van der Waals surface area contributed by atoms with Gasteiger partial charge in [0.05, 0.1) is 12.3 Å². The molecular formula is C15H23N3O5S. The Kier molecular flexibility index (Phi) is 6.70. The number of nitrogens with zero attached hydrogens (tertiary/aromatic N) is 2. The molecule has 9 heteroatoms. The fourth-order valence-corrected chi connectivity index (χ4v) is 1.97. The summed E-state index contributed by atoms with van der Waals surface area (Å²) in [7, 11) is 0. The number of thiazole rings is 1. The number of nitrogen functional groups attached to an aromatic ring is 1. The van der Waals surface area contributed by atoms with Crippen LogP contribution in [0.15, 0.2) is 10.5 Å². The van der Waals surface area contributed by atoms with Gasteiger partial charge in [-0.1, -0.05) is 5.16 Å². The smallest absolute Gasteiger partial charge is 0.353 e. The molecule has 1 heterocycles. The van der Waals surface area contributed by atoms with E-state index in [2.05, 4.69) is 10.1 Å². The first-order valence-corrected chi connectivity index (χ1v) is 8.19. The molecule has 1 aromatic rings. The summed E-state index contributed by atoms with van der Waals surface area (Å²) >= 11 is 1.32. The van der Waals surface area contributed by atoms with Crippen LogP contribution in [-0.2, 0) is 30.3 Å². The highest BCUT2D eigenvalue weighted by atomic mass is 32.1. The molecule has 0 aliphatic rings. The standard InChI is InChI=1S/C15H23N3O5S/c1-14(2,3)22-12(20)15(4,5)23-17-8-11(19)21-7-6-10-9-24-13(16)18-10/h8-9H,6-7H2,1-5H3,(H2,16,18). The van der Waals surface area contributed by atoms with E-state index in [9.17, 15) is 9.59 Å². The molecule has 0 spiro atoms. The van der Waals surface area contributed by atoms with E-state index in [-0.39, 0.29) is 6.61 Å². The van der Waals surface area contributed by atoms with Crippen LogP contribution in [0.1, 0.15) is 40.3 Å². The lowest BCUT2D eigenvalue weighted by Crippen LogP contribution is -2.40. The quantitative estimate of drug-likeness (QED) is 0.450. The largest absolute Gasteiger partial charge is 0.461 e. The normalized spacial score (nSPS) is 12.2. The highest BCUT2D eigenvalue weighted by Gasteiger charge is 2.35. The number of anilines is 1. The highest BCUT2D eigenvalue weighted by molar-refractivity contribution is 7.13. The topological polar surface area (TPSA) is 113 Å². The number of carbonyl (C=O) groups excluding carboxylic acids is 2. The van der Waals surface area contributed by atoms with E-state index in [0.717, 1.165) is 11.9 Å². The van der Waals surface area contributed by atoms with Gasteiger partial charge in [0.25, 0.3) is 0 Å². The average molecular weight is 357 g/mol. The van der Waals surface area contributed by atoms with Gasteiger partial charge in [-0.25, -0.2) is 14.6 Å². The molecule has 8 nitrogen and oxygen atoms in total. The first-order chi connectivity index (χ1) is 11.0. The van der Waals surface area contributed by atoms with E-state index in [4.69, 9.17) is 20.0 Å². The van der Waals surface area contributed by atoms with Crippen LogP contribution in [0.3, 0.4) is 0 Å². The second-order valence-corrected chi connectivity index (χ2v) is 7.32. The Hall–Kier alpha value is -2.16. The van der Waals surface area contributed by atoms with Crippen LogP contribution < -0.4 is 5.73 Å². The summed E-state index contributed by atoms with van der Waals surface area (Å²) in [6, 6.07) is 0. The average Bonchev–Trinajstić information content (AvgIpc) is 2.82. The van der Waals surface area contributed by atoms with Crippen LogP contribution in [0.25, 0.3) is 0 Å². The molecule has 2 N–H and O–H groups in total. The lowest BCUT2D eigenvalue weighted by molar-refractivity contribution is -0.179. The predicted molar refractivity (Wildman–Crippen MR) is 90.7 cm³/mol. The summed E-state index contributed by atoms with van der Waals surface area (Å²) < 4.78 is 10.2. The van der Waals surface area contributed by atoms with Gasteiger partial charge in [-0.3, -0.25) is 0 Å². The lowest BCUT2D eigenvalue weighted by Gasteiger charge is -2.26. The summed E-state index contributed by atoms with van der Waals surface area (Å²) in [5, 5.41) is 5.75. The molecule has 0 aromatic carbocycles. The van der Waals surface area contributed by atoms with E-state index in [1.807, 2.05) is 0 Å². The van der Waals surface area contributed by atoms with Gasteiger partial charge in [0.2, 0.25) is 5.60 Å². The summed E-state index contributed by atoms with van der Waals surface area (Å²) in [5.41, 5.74) is 4.30. The summed E-state index contributed by atoms with van der Waals surface area (Å²) in [4.78, 5) is 32.5. The molecule has 1 rings (SSSR count). The van der Waals surface area contributed by atoms with Gasteiger partial charge in [0.1, 0.15) is 5.60 Å². The number of hydrogen-bond donors (Lipinski definition) is 1. The van der Waals surface area contributed by atoms with Gasteiger partial charge in [0, 0.05) is 11.8 Å². The van der Waals surface area contributed by atoms with Crippen molar-refractivity contribution >= 4 is 34.6 Å². The van der Waals surface area contributed by atoms with Crippen molar-refractivity contribution in [3.8, 4) is 0 Å². The second-order valence-electron chi connectivity index (χ2n) is 6.43. The van der Waals surface area contributed by atoms with Gasteiger partial charge in [-0.15, -0.1) is 11.3 Å². The van der Waals surface area contributed by atoms with E-state index < -0.39 is 23.1 Å². The number of aromatic nitrogens is 1. The Balaban J connectivity index is 2.36. The Bertz CT molecular complexity index is 604. The molecule has 0 atom stereocenters. The molecule has 134 valence electrons. The highest BCUT2D eigenvalue weighted by Crippen LogP contribution is 2.17. The minimum Gasteiger partial charge on any atom is -0.461 e. The molecule has 24 heavy (non-hydrogen) atoms. The van der Waals surface area contributed by atoms with Crippen LogP contribution in [0.2, 0.25) is 0 Å². The summed E-state index contributed by atoms with van der Waals surface area (Å²) in [5.74, 6) is -1.26. The van der Waals surface area contributed by atoms with Gasteiger partial charge in [0.15, 0.2) is 11.3 Å². The molecular weight excluding hydrogens is 334 g/mol. The van der Waals surface area contributed by atoms with Gasteiger partial charge in [-0.2, -0.15) is 0 Å². The maximum absolute atomic E-state index is 11.9. The predicted octanol–water partition coefficient (Wildman–Crippen LogP) is 1.93. The molecule has 0 aliphatic carbocycles. The number of esters is 2. The summed E-state index contributed by atoms with van der Waals surface area (Å²) in [6.45, 7) is 8.38. The SMILES string of the molecule is CC(C)(C)OC(=O)C(C)(C)ON=CC(=O)OCCc1csc(N)n1. The number of ether oxygens (including phenoxy) is 2. The van der Waals surface area contributed by atoms with E-state index in [1.54, 1.807) is 26.2 Å². The maximum Gasteiger partial charge on any atom is 0.353 e. The molecule has 0 fully saturated rings. The molecule has 0 aliphatic heterocycles. The third kappa shape index (κ3) is 7.40. The first-order valence-electron chi connectivity index (χ1n) is 7.31. The number of nitrogens with two attached hydrogens (primary N) is 1. The molecule has 0 saturated carbocycles. The minimum absolute atomic E-state index is 0.142. The lowest BCUT2D eigenvalue weighted by atomic mass is 10.1. The van der Waals surface area contributed by atoms with Crippen molar-refractivity contribution in [1.29, 1.82) is 0 Å². The monoisotopic (exact) mass is 357 g/mol. The Labute approximate surface area is 145 Å². The fraction of sp³-hybridized carbons (Fsp3) is 0.600. The molecule has 0 saturated heterocycles. The fourth-order valence-electron chi connectivity index (χ4n) is 1.37. The zero-order valence-electron chi connectivity index (χ0n) is 14.5. The van der Waals surface area contributed by atoms with Crippen molar-refractivity contribution in [2.24, 2.45) is 5.16 Å².